The van der Waals surface area contributed by atoms with Crippen LogP contribution in [-0.2, 0) is 4.79 Å². The Morgan fingerprint density at radius 2 is 2.10 bits per heavy atom. The van der Waals surface area contributed by atoms with E-state index in [1.54, 1.807) is 4.90 Å². The van der Waals surface area contributed by atoms with Gasteiger partial charge in [-0.05, 0) is 36.5 Å². The number of benzene rings is 1. The predicted molar refractivity (Wildman–Crippen MR) is 77.8 cm³/mol. The maximum Gasteiger partial charge on any atom is 0.260 e. The summed E-state index contributed by atoms with van der Waals surface area (Å²) in [6.07, 6.45) is 1.84. The van der Waals surface area contributed by atoms with Crippen LogP contribution in [0.15, 0.2) is 24.3 Å². The number of amides is 1. The Kier molecular flexibility index (Phi) is 5.01. The molecule has 1 aromatic rings. The fraction of sp³-hybridized carbons (Fsp3) is 0.562. The Bertz CT molecular complexity index is 442. The molecule has 0 spiro atoms. The van der Waals surface area contributed by atoms with Gasteiger partial charge >= 0.3 is 0 Å². The molecule has 1 N–H and O–H groups in total. The number of carbonyl (C=O) groups excluding carboxylic acids is 1. The summed E-state index contributed by atoms with van der Waals surface area (Å²) < 4.78 is 5.53. The maximum absolute atomic E-state index is 12.1. The molecular formula is C16H23NO3. The van der Waals surface area contributed by atoms with E-state index < -0.39 is 0 Å². The third-order valence-electron chi connectivity index (χ3n) is 3.82. The first kappa shape index (κ1) is 14.9. The minimum Gasteiger partial charge on any atom is -0.484 e. The molecule has 20 heavy (non-hydrogen) atoms. The predicted octanol–water partition coefficient (Wildman–Crippen LogP) is 2.17. The summed E-state index contributed by atoms with van der Waals surface area (Å²) in [5.74, 6) is 1.15. The molecule has 1 fully saturated rings. The number of ether oxygens (including phenoxy) is 1. The second-order valence-corrected chi connectivity index (χ2v) is 5.58. The van der Waals surface area contributed by atoms with Crippen LogP contribution in [0.1, 0.15) is 38.2 Å². The molecule has 4 nitrogen and oxygen atoms in total. The molecule has 1 saturated heterocycles. The standard InChI is InChI=1S/C16H23NO3/c1-12(2)13-5-7-15(8-6-13)20-11-16(19)17-9-3-4-14(17)10-18/h5-8,12,14,18H,3-4,9-11H2,1-2H3. The number of aliphatic hydroxyl groups excluding tert-OH is 1. The normalized spacial score (nSPS) is 18.6. The third kappa shape index (κ3) is 3.51. The van der Waals surface area contributed by atoms with Crippen molar-refractivity contribution in [2.45, 2.75) is 38.6 Å². The maximum atomic E-state index is 12.1. The fourth-order valence-corrected chi connectivity index (χ4v) is 2.53. The van der Waals surface area contributed by atoms with Crippen LogP contribution in [0.25, 0.3) is 0 Å². The molecule has 0 aromatic heterocycles. The van der Waals surface area contributed by atoms with E-state index in [1.165, 1.54) is 5.56 Å². The van der Waals surface area contributed by atoms with E-state index in [1.807, 2.05) is 24.3 Å². The fourth-order valence-electron chi connectivity index (χ4n) is 2.53. The zero-order chi connectivity index (χ0) is 14.5. The van der Waals surface area contributed by atoms with Crippen molar-refractivity contribution in [1.29, 1.82) is 0 Å². The highest BCUT2D eigenvalue weighted by Gasteiger charge is 2.28. The van der Waals surface area contributed by atoms with Crippen molar-refractivity contribution >= 4 is 5.91 Å². The van der Waals surface area contributed by atoms with Gasteiger partial charge in [0.2, 0.25) is 0 Å². The highest BCUT2D eigenvalue weighted by atomic mass is 16.5. The molecule has 110 valence electrons. The molecule has 0 aliphatic carbocycles. The molecule has 1 atom stereocenters. The molecule has 1 aromatic carbocycles. The first-order valence-electron chi connectivity index (χ1n) is 7.25. The first-order valence-corrected chi connectivity index (χ1v) is 7.25. The van der Waals surface area contributed by atoms with E-state index in [4.69, 9.17) is 4.74 Å². The van der Waals surface area contributed by atoms with Gasteiger partial charge in [-0.3, -0.25) is 4.79 Å². The monoisotopic (exact) mass is 277 g/mol. The smallest absolute Gasteiger partial charge is 0.260 e. The number of likely N-dealkylation sites (tertiary alicyclic amines) is 1. The van der Waals surface area contributed by atoms with Gasteiger partial charge < -0.3 is 14.7 Å². The molecule has 1 aliphatic rings. The van der Waals surface area contributed by atoms with Gasteiger partial charge in [0.25, 0.3) is 5.91 Å². The van der Waals surface area contributed by atoms with Crippen LogP contribution in [0.4, 0.5) is 0 Å². The number of nitrogens with zero attached hydrogens (tertiary/aromatic N) is 1. The van der Waals surface area contributed by atoms with Crippen molar-refractivity contribution in [1.82, 2.24) is 4.90 Å². The zero-order valence-electron chi connectivity index (χ0n) is 12.2. The lowest BCUT2D eigenvalue weighted by Crippen LogP contribution is -2.40. The molecule has 1 unspecified atom stereocenters. The van der Waals surface area contributed by atoms with E-state index >= 15 is 0 Å². The lowest BCUT2D eigenvalue weighted by Gasteiger charge is -2.23. The van der Waals surface area contributed by atoms with Gasteiger partial charge in [0, 0.05) is 6.54 Å². The van der Waals surface area contributed by atoms with Gasteiger partial charge in [0.1, 0.15) is 5.75 Å². The second-order valence-electron chi connectivity index (χ2n) is 5.58. The van der Waals surface area contributed by atoms with Gasteiger partial charge in [-0.1, -0.05) is 26.0 Å². The molecule has 1 amide bonds. The van der Waals surface area contributed by atoms with E-state index in [9.17, 15) is 9.90 Å². The quantitative estimate of drug-likeness (QED) is 0.897. The van der Waals surface area contributed by atoms with Crippen molar-refractivity contribution in [3.05, 3.63) is 29.8 Å². The average molecular weight is 277 g/mol. The van der Waals surface area contributed by atoms with Crippen LogP contribution in [0.5, 0.6) is 5.75 Å². The van der Waals surface area contributed by atoms with Crippen molar-refractivity contribution < 1.29 is 14.6 Å². The van der Waals surface area contributed by atoms with Crippen LogP contribution in [0.2, 0.25) is 0 Å². The number of aliphatic hydroxyl groups is 1. The summed E-state index contributed by atoms with van der Waals surface area (Å²) in [5, 5.41) is 9.22. The van der Waals surface area contributed by atoms with Crippen LogP contribution in [-0.4, -0.2) is 41.7 Å². The van der Waals surface area contributed by atoms with Crippen LogP contribution in [0.3, 0.4) is 0 Å². The Morgan fingerprint density at radius 1 is 1.40 bits per heavy atom. The number of hydrogen-bond donors (Lipinski definition) is 1. The van der Waals surface area contributed by atoms with Gasteiger partial charge in [-0.25, -0.2) is 0 Å². The topological polar surface area (TPSA) is 49.8 Å². The van der Waals surface area contributed by atoms with Crippen molar-refractivity contribution in [2.24, 2.45) is 0 Å². The lowest BCUT2D eigenvalue weighted by molar-refractivity contribution is -0.134. The van der Waals surface area contributed by atoms with E-state index in [0.29, 0.717) is 11.7 Å². The molecule has 4 heteroatoms. The first-order chi connectivity index (χ1) is 9.61. The van der Waals surface area contributed by atoms with E-state index in [0.717, 1.165) is 19.4 Å². The Morgan fingerprint density at radius 3 is 2.70 bits per heavy atom. The Balaban J connectivity index is 1.87. The van der Waals surface area contributed by atoms with Crippen LogP contribution >= 0.6 is 0 Å². The van der Waals surface area contributed by atoms with Crippen LogP contribution in [0, 0.1) is 0 Å². The largest absolute Gasteiger partial charge is 0.484 e. The van der Waals surface area contributed by atoms with Crippen molar-refractivity contribution in [3.63, 3.8) is 0 Å². The van der Waals surface area contributed by atoms with Gasteiger partial charge in [-0.15, -0.1) is 0 Å². The molecule has 0 radical (unpaired) electrons. The van der Waals surface area contributed by atoms with Gasteiger partial charge in [0.05, 0.1) is 12.6 Å². The summed E-state index contributed by atoms with van der Waals surface area (Å²) in [6, 6.07) is 7.81. The highest BCUT2D eigenvalue weighted by Crippen LogP contribution is 2.20. The molecule has 0 saturated carbocycles. The lowest BCUT2D eigenvalue weighted by atomic mass is 10.0. The van der Waals surface area contributed by atoms with Gasteiger partial charge in [0.15, 0.2) is 6.61 Å². The third-order valence-corrected chi connectivity index (χ3v) is 3.82. The molecule has 1 heterocycles. The minimum atomic E-state index is -0.0468. The average Bonchev–Trinajstić information content (AvgIpc) is 2.93. The van der Waals surface area contributed by atoms with E-state index in [-0.39, 0.29) is 25.2 Å². The summed E-state index contributed by atoms with van der Waals surface area (Å²) in [5.41, 5.74) is 1.25. The highest BCUT2D eigenvalue weighted by molar-refractivity contribution is 5.78. The van der Waals surface area contributed by atoms with Crippen molar-refractivity contribution in [3.8, 4) is 5.75 Å². The van der Waals surface area contributed by atoms with Gasteiger partial charge in [-0.2, -0.15) is 0 Å². The molecule has 0 bridgehead atoms. The van der Waals surface area contributed by atoms with Crippen LogP contribution < -0.4 is 4.74 Å². The summed E-state index contributed by atoms with van der Waals surface area (Å²) in [7, 11) is 0. The van der Waals surface area contributed by atoms with E-state index in [2.05, 4.69) is 13.8 Å². The Hall–Kier alpha value is -1.55. The number of hydrogen-bond acceptors (Lipinski definition) is 3. The molecule has 2 rings (SSSR count). The SMILES string of the molecule is CC(C)c1ccc(OCC(=O)N2CCCC2CO)cc1. The molecular weight excluding hydrogens is 254 g/mol. The zero-order valence-corrected chi connectivity index (χ0v) is 12.2. The summed E-state index contributed by atoms with van der Waals surface area (Å²) in [4.78, 5) is 13.8. The number of rotatable bonds is 5. The summed E-state index contributed by atoms with van der Waals surface area (Å²) >= 11 is 0. The van der Waals surface area contributed by atoms with Crippen molar-refractivity contribution in [2.75, 3.05) is 19.8 Å². The second kappa shape index (κ2) is 6.75. The Labute approximate surface area is 120 Å². The minimum absolute atomic E-state index is 0.0329. The summed E-state index contributed by atoms with van der Waals surface area (Å²) in [6.45, 7) is 5.08. The number of carbonyl (C=O) groups is 1. The molecule has 1 aliphatic heterocycles.